The van der Waals surface area contributed by atoms with Crippen LogP contribution in [0.2, 0.25) is 0 Å². The Morgan fingerprint density at radius 1 is 1.24 bits per heavy atom. The standard InChI is InChI=1S/C18H21NOS/c1-12-10-14-11-13(8-9-16(14)20-12)18(19-2)15-6-4-5-7-17(15)21-3/h4-9,11-12,18-19H,10H2,1-3H3. The molecule has 3 rings (SSSR count). The average Bonchev–Trinajstić information content (AvgIpc) is 2.88. The molecule has 110 valence electrons. The van der Waals surface area contributed by atoms with Crippen LogP contribution in [0.15, 0.2) is 47.4 Å². The first-order valence-electron chi connectivity index (χ1n) is 7.32. The van der Waals surface area contributed by atoms with Crippen molar-refractivity contribution in [2.24, 2.45) is 0 Å². The number of nitrogens with one attached hydrogen (secondary N) is 1. The van der Waals surface area contributed by atoms with Crippen molar-refractivity contribution in [3.63, 3.8) is 0 Å². The fourth-order valence-electron chi connectivity index (χ4n) is 3.03. The van der Waals surface area contributed by atoms with Crippen molar-refractivity contribution in [1.29, 1.82) is 0 Å². The molecule has 0 saturated heterocycles. The maximum absolute atomic E-state index is 5.80. The molecule has 1 heterocycles. The number of fused-ring (bicyclic) bond motifs is 1. The molecular formula is C18H21NOS. The van der Waals surface area contributed by atoms with Crippen LogP contribution in [0.5, 0.6) is 5.75 Å². The van der Waals surface area contributed by atoms with E-state index in [1.165, 1.54) is 21.6 Å². The first-order valence-corrected chi connectivity index (χ1v) is 8.55. The molecule has 0 aromatic heterocycles. The van der Waals surface area contributed by atoms with Gasteiger partial charge in [0.1, 0.15) is 11.9 Å². The van der Waals surface area contributed by atoms with Crippen LogP contribution in [-0.2, 0) is 6.42 Å². The summed E-state index contributed by atoms with van der Waals surface area (Å²) >= 11 is 1.79. The van der Waals surface area contributed by atoms with Gasteiger partial charge in [0.05, 0.1) is 6.04 Å². The Hall–Kier alpha value is -1.45. The van der Waals surface area contributed by atoms with Gasteiger partial charge in [-0.3, -0.25) is 0 Å². The molecule has 0 bridgehead atoms. The quantitative estimate of drug-likeness (QED) is 0.861. The third-order valence-corrected chi connectivity index (χ3v) is 4.80. The van der Waals surface area contributed by atoms with Crippen LogP contribution in [0.3, 0.4) is 0 Å². The lowest BCUT2D eigenvalue weighted by Gasteiger charge is -2.20. The summed E-state index contributed by atoms with van der Waals surface area (Å²) in [5, 5.41) is 3.46. The first-order chi connectivity index (χ1) is 10.2. The molecule has 1 aliphatic rings. The fraction of sp³-hybridized carbons (Fsp3) is 0.333. The van der Waals surface area contributed by atoms with Gasteiger partial charge in [-0.2, -0.15) is 0 Å². The molecule has 0 spiro atoms. The van der Waals surface area contributed by atoms with Crippen LogP contribution in [0.4, 0.5) is 0 Å². The second kappa shape index (κ2) is 6.12. The van der Waals surface area contributed by atoms with Crippen molar-refractivity contribution in [2.45, 2.75) is 30.4 Å². The van der Waals surface area contributed by atoms with Gasteiger partial charge in [0.25, 0.3) is 0 Å². The van der Waals surface area contributed by atoms with E-state index >= 15 is 0 Å². The van der Waals surface area contributed by atoms with Crippen molar-refractivity contribution >= 4 is 11.8 Å². The number of rotatable bonds is 4. The van der Waals surface area contributed by atoms with Gasteiger partial charge in [0, 0.05) is 11.3 Å². The molecular weight excluding hydrogens is 278 g/mol. The van der Waals surface area contributed by atoms with E-state index in [0.29, 0.717) is 6.10 Å². The zero-order chi connectivity index (χ0) is 14.8. The highest BCUT2D eigenvalue weighted by molar-refractivity contribution is 7.98. The van der Waals surface area contributed by atoms with Gasteiger partial charge < -0.3 is 10.1 Å². The average molecular weight is 299 g/mol. The van der Waals surface area contributed by atoms with Crippen LogP contribution in [0.25, 0.3) is 0 Å². The molecule has 21 heavy (non-hydrogen) atoms. The maximum Gasteiger partial charge on any atom is 0.123 e. The lowest BCUT2D eigenvalue weighted by Crippen LogP contribution is -2.18. The Labute approximate surface area is 130 Å². The van der Waals surface area contributed by atoms with Gasteiger partial charge >= 0.3 is 0 Å². The molecule has 0 amide bonds. The van der Waals surface area contributed by atoms with Crippen LogP contribution in [-0.4, -0.2) is 19.4 Å². The smallest absolute Gasteiger partial charge is 0.123 e. The summed E-state index contributed by atoms with van der Waals surface area (Å²) in [6.45, 7) is 2.12. The third-order valence-electron chi connectivity index (χ3n) is 3.99. The minimum absolute atomic E-state index is 0.217. The SMILES string of the molecule is CNC(c1ccc2c(c1)CC(C)O2)c1ccccc1SC. The molecule has 2 nitrogen and oxygen atoms in total. The highest BCUT2D eigenvalue weighted by atomic mass is 32.2. The topological polar surface area (TPSA) is 21.3 Å². The predicted molar refractivity (Wildman–Crippen MR) is 89.4 cm³/mol. The second-order valence-corrected chi connectivity index (χ2v) is 6.31. The molecule has 0 fully saturated rings. The van der Waals surface area contributed by atoms with Gasteiger partial charge in [-0.25, -0.2) is 0 Å². The summed E-state index contributed by atoms with van der Waals surface area (Å²) in [4.78, 5) is 1.32. The van der Waals surface area contributed by atoms with Crippen molar-refractivity contribution in [3.05, 3.63) is 59.2 Å². The largest absolute Gasteiger partial charge is 0.490 e. The molecule has 2 aromatic rings. The number of ether oxygens (including phenoxy) is 1. The summed E-state index contributed by atoms with van der Waals surface area (Å²) in [7, 11) is 2.02. The molecule has 3 heteroatoms. The summed E-state index contributed by atoms with van der Waals surface area (Å²) < 4.78 is 5.80. The van der Waals surface area contributed by atoms with Crippen molar-refractivity contribution < 1.29 is 4.74 Å². The normalized spacial score (nSPS) is 18.1. The van der Waals surface area contributed by atoms with Crippen LogP contribution < -0.4 is 10.1 Å². The van der Waals surface area contributed by atoms with Crippen molar-refractivity contribution in [3.8, 4) is 5.75 Å². The number of hydrogen-bond donors (Lipinski definition) is 1. The molecule has 0 radical (unpaired) electrons. The maximum atomic E-state index is 5.80. The molecule has 2 atom stereocenters. The minimum atomic E-state index is 0.217. The highest BCUT2D eigenvalue weighted by Crippen LogP contribution is 2.35. The van der Waals surface area contributed by atoms with Gasteiger partial charge in [-0.15, -0.1) is 11.8 Å². The Morgan fingerprint density at radius 3 is 2.81 bits per heavy atom. The van der Waals surface area contributed by atoms with E-state index in [9.17, 15) is 0 Å². The lowest BCUT2D eigenvalue weighted by atomic mass is 9.96. The van der Waals surface area contributed by atoms with Crippen LogP contribution >= 0.6 is 11.8 Å². The molecule has 0 saturated carbocycles. The highest BCUT2D eigenvalue weighted by Gasteiger charge is 2.22. The van der Waals surface area contributed by atoms with Crippen LogP contribution in [0.1, 0.15) is 29.7 Å². The second-order valence-electron chi connectivity index (χ2n) is 5.46. The van der Waals surface area contributed by atoms with Crippen molar-refractivity contribution in [1.82, 2.24) is 5.32 Å². The van der Waals surface area contributed by atoms with Crippen molar-refractivity contribution in [2.75, 3.05) is 13.3 Å². The molecule has 1 N–H and O–H groups in total. The van der Waals surface area contributed by atoms with Gasteiger partial charge in [0.15, 0.2) is 0 Å². The third kappa shape index (κ3) is 2.81. The first kappa shape index (κ1) is 14.5. The van der Waals surface area contributed by atoms with E-state index in [1.807, 2.05) is 7.05 Å². The zero-order valence-corrected chi connectivity index (χ0v) is 13.5. The molecule has 2 aromatic carbocycles. The summed E-state index contributed by atoms with van der Waals surface area (Å²) in [6, 6.07) is 15.4. The van der Waals surface area contributed by atoms with Gasteiger partial charge in [-0.1, -0.05) is 30.3 Å². The Bertz CT molecular complexity index is 641. The summed E-state index contributed by atoms with van der Waals surface area (Å²) in [5.41, 5.74) is 3.96. The number of benzene rings is 2. The van der Waals surface area contributed by atoms with Gasteiger partial charge in [0.2, 0.25) is 0 Å². The Balaban J connectivity index is 1.99. The summed E-state index contributed by atoms with van der Waals surface area (Å²) in [6.07, 6.45) is 3.43. The number of hydrogen-bond acceptors (Lipinski definition) is 3. The zero-order valence-electron chi connectivity index (χ0n) is 12.7. The number of thioether (sulfide) groups is 1. The Morgan fingerprint density at radius 2 is 2.05 bits per heavy atom. The Kier molecular flexibility index (Phi) is 4.22. The van der Waals surface area contributed by atoms with E-state index in [-0.39, 0.29) is 6.04 Å². The van der Waals surface area contributed by atoms with E-state index in [4.69, 9.17) is 4.74 Å². The molecule has 2 unspecified atom stereocenters. The van der Waals surface area contributed by atoms with Crippen LogP contribution in [0, 0.1) is 0 Å². The fourth-order valence-corrected chi connectivity index (χ4v) is 3.66. The van der Waals surface area contributed by atoms with E-state index in [0.717, 1.165) is 12.2 Å². The lowest BCUT2D eigenvalue weighted by molar-refractivity contribution is 0.254. The van der Waals surface area contributed by atoms with E-state index < -0.39 is 0 Å². The minimum Gasteiger partial charge on any atom is -0.490 e. The molecule has 1 aliphatic heterocycles. The van der Waals surface area contributed by atoms with E-state index in [2.05, 4.69) is 61.0 Å². The van der Waals surface area contributed by atoms with Gasteiger partial charge in [-0.05, 0) is 49.1 Å². The monoisotopic (exact) mass is 299 g/mol. The predicted octanol–water partition coefficient (Wildman–Crippen LogP) is 4.04. The molecule has 0 aliphatic carbocycles. The summed E-state index contributed by atoms with van der Waals surface area (Å²) in [5.74, 6) is 1.04. The van der Waals surface area contributed by atoms with E-state index in [1.54, 1.807) is 11.8 Å².